The average Bonchev–Trinajstić information content (AvgIpc) is 2.53. The van der Waals surface area contributed by atoms with Crippen LogP contribution in [0.5, 0.6) is 0 Å². The molecular weight excluding hydrogens is 281 g/mol. The van der Waals surface area contributed by atoms with E-state index in [1.165, 1.54) is 22.1 Å². The van der Waals surface area contributed by atoms with Crippen LogP contribution in [-0.2, 0) is 0 Å². The first kappa shape index (κ1) is 14.4. The minimum Gasteiger partial charge on any atom is -0.313 e. The van der Waals surface area contributed by atoms with Crippen molar-refractivity contribution in [3.8, 4) is 0 Å². The lowest BCUT2D eigenvalue weighted by Gasteiger charge is -2.17. The summed E-state index contributed by atoms with van der Waals surface area (Å²) in [5.74, 6) is -0.140. The fraction of sp³-hybridized carbons (Fsp3) is 0.222. The predicted octanol–water partition coefficient (Wildman–Crippen LogP) is 4.66. The highest BCUT2D eigenvalue weighted by Gasteiger charge is 2.12. The SMILES string of the molecule is Cc1c(F)cccc1Sc1ccccc1C1=CCNCC1. The summed E-state index contributed by atoms with van der Waals surface area (Å²) in [6, 6.07) is 13.7. The Morgan fingerprint density at radius 2 is 1.86 bits per heavy atom. The Balaban J connectivity index is 1.96. The van der Waals surface area contributed by atoms with Gasteiger partial charge in [-0.3, -0.25) is 0 Å². The minimum atomic E-state index is -0.140. The van der Waals surface area contributed by atoms with Crippen LogP contribution in [0.4, 0.5) is 4.39 Å². The van der Waals surface area contributed by atoms with Crippen LogP contribution < -0.4 is 5.32 Å². The molecule has 3 heteroatoms. The monoisotopic (exact) mass is 299 g/mol. The lowest BCUT2D eigenvalue weighted by Crippen LogP contribution is -2.20. The molecule has 2 aromatic rings. The van der Waals surface area contributed by atoms with Crippen molar-refractivity contribution in [3.63, 3.8) is 0 Å². The van der Waals surface area contributed by atoms with Crippen LogP contribution in [0.25, 0.3) is 5.57 Å². The molecule has 0 saturated carbocycles. The molecule has 21 heavy (non-hydrogen) atoms. The van der Waals surface area contributed by atoms with Crippen molar-refractivity contribution in [1.29, 1.82) is 0 Å². The summed E-state index contributed by atoms with van der Waals surface area (Å²) in [7, 11) is 0. The molecule has 108 valence electrons. The van der Waals surface area contributed by atoms with Gasteiger partial charge in [0.2, 0.25) is 0 Å². The van der Waals surface area contributed by atoms with E-state index >= 15 is 0 Å². The highest BCUT2D eigenvalue weighted by atomic mass is 32.2. The zero-order valence-corrected chi connectivity index (χ0v) is 12.8. The van der Waals surface area contributed by atoms with Gasteiger partial charge in [-0.05, 0) is 54.8 Å². The van der Waals surface area contributed by atoms with Gasteiger partial charge in [-0.25, -0.2) is 4.39 Å². The predicted molar refractivity (Wildman–Crippen MR) is 87.2 cm³/mol. The normalized spacial score (nSPS) is 14.9. The fourth-order valence-electron chi connectivity index (χ4n) is 2.50. The van der Waals surface area contributed by atoms with Crippen molar-refractivity contribution in [1.82, 2.24) is 5.32 Å². The zero-order chi connectivity index (χ0) is 14.7. The molecule has 1 N–H and O–H groups in total. The third kappa shape index (κ3) is 3.20. The molecule has 1 heterocycles. The van der Waals surface area contributed by atoms with Crippen LogP contribution in [0.1, 0.15) is 17.5 Å². The first-order valence-electron chi connectivity index (χ1n) is 7.18. The van der Waals surface area contributed by atoms with Gasteiger partial charge >= 0.3 is 0 Å². The molecule has 1 aliphatic rings. The van der Waals surface area contributed by atoms with Crippen LogP contribution in [0.3, 0.4) is 0 Å². The highest BCUT2D eigenvalue weighted by molar-refractivity contribution is 7.99. The summed E-state index contributed by atoms with van der Waals surface area (Å²) in [6.45, 7) is 3.78. The maximum atomic E-state index is 13.7. The molecular formula is C18H18FNS. The van der Waals surface area contributed by atoms with E-state index < -0.39 is 0 Å². The van der Waals surface area contributed by atoms with Gasteiger partial charge < -0.3 is 5.32 Å². The molecule has 0 fully saturated rings. The largest absolute Gasteiger partial charge is 0.313 e. The Labute approximate surface area is 129 Å². The van der Waals surface area contributed by atoms with Gasteiger partial charge in [0.1, 0.15) is 5.82 Å². The molecule has 1 nitrogen and oxygen atoms in total. The zero-order valence-electron chi connectivity index (χ0n) is 12.0. The lowest BCUT2D eigenvalue weighted by atomic mass is 10.0. The second-order valence-electron chi connectivity index (χ2n) is 5.14. The van der Waals surface area contributed by atoms with Crippen molar-refractivity contribution in [3.05, 3.63) is 65.5 Å². The summed E-state index contributed by atoms with van der Waals surface area (Å²) in [6.07, 6.45) is 3.29. The summed E-state index contributed by atoms with van der Waals surface area (Å²) < 4.78 is 13.7. The number of hydrogen-bond acceptors (Lipinski definition) is 2. The molecule has 3 rings (SSSR count). The van der Waals surface area contributed by atoms with Gasteiger partial charge in [0.15, 0.2) is 0 Å². The number of nitrogens with one attached hydrogen (secondary N) is 1. The van der Waals surface area contributed by atoms with Gasteiger partial charge in [-0.1, -0.05) is 42.1 Å². The van der Waals surface area contributed by atoms with E-state index in [0.717, 1.165) is 30.0 Å². The van der Waals surface area contributed by atoms with Gasteiger partial charge in [0, 0.05) is 16.3 Å². The van der Waals surface area contributed by atoms with E-state index in [9.17, 15) is 4.39 Å². The van der Waals surface area contributed by atoms with Crippen LogP contribution in [-0.4, -0.2) is 13.1 Å². The summed E-state index contributed by atoms with van der Waals surface area (Å²) in [5, 5.41) is 3.34. The Kier molecular flexibility index (Phi) is 4.42. The number of halogens is 1. The smallest absolute Gasteiger partial charge is 0.127 e. The minimum absolute atomic E-state index is 0.140. The summed E-state index contributed by atoms with van der Waals surface area (Å²) >= 11 is 1.65. The number of benzene rings is 2. The molecule has 0 unspecified atom stereocenters. The second kappa shape index (κ2) is 6.46. The van der Waals surface area contributed by atoms with Crippen molar-refractivity contribution >= 4 is 17.3 Å². The first-order valence-corrected chi connectivity index (χ1v) is 7.99. The molecule has 0 spiro atoms. The standard InChI is InChI=1S/C18H18FNS/c1-13-16(19)6-4-8-17(13)21-18-7-3-2-5-15(18)14-9-11-20-12-10-14/h2-9,20H,10-12H2,1H3. The van der Waals surface area contributed by atoms with Crippen molar-refractivity contribution in [2.75, 3.05) is 13.1 Å². The van der Waals surface area contributed by atoms with Gasteiger partial charge in [-0.15, -0.1) is 0 Å². The molecule has 0 bridgehead atoms. The van der Waals surface area contributed by atoms with Crippen LogP contribution >= 0.6 is 11.8 Å². The van der Waals surface area contributed by atoms with E-state index in [1.807, 2.05) is 19.1 Å². The van der Waals surface area contributed by atoms with E-state index in [0.29, 0.717) is 0 Å². The molecule has 0 radical (unpaired) electrons. The quantitative estimate of drug-likeness (QED) is 0.884. The maximum Gasteiger partial charge on any atom is 0.127 e. The average molecular weight is 299 g/mol. The molecule has 0 amide bonds. The molecule has 0 atom stereocenters. The number of hydrogen-bond donors (Lipinski definition) is 1. The molecule has 0 aliphatic carbocycles. The Hall–Kier alpha value is -1.58. The highest BCUT2D eigenvalue weighted by Crippen LogP contribution is 2.36. The van der Waals surface area contributed by atoms with Gasteiger partial charge in [0.05, 0.1) is 0 Å². The van der Waals surface area contributed by atoms with Gasteiger partial charge in [-0.2, -0.15) is 0 Å². The third-order valence-corrected chi connectivity index (χ3v) is 4.97. The molecule has 1 aliphatic heterocycles. The van der Waals surface area contributed by atoms with E-state index in [4.69, 9.17) is 0 Å². The molecule has 2 aromatic carbocycles. The Morgan fingerprint density at radius 1 is 1.05 bits per heavy atom. The van der Waals surface area contributed by atoms with Gasteiger partial charge in [0.25, 0.3) is 0 Å². The van der Waals surface area contributed by atoms with Crippen LogP contribution in [0.15, 0.2) is 58.3 Å². The Morgan fingerprint density at radius 3 is 2.67 bits per heavy atom. The number of rotatable bonds is 3. The van der Waals surface area contributed by atoms with E-state index in [-0.39, 0.29) is 5.82 Å². The first-order chi connectivity index (χ1) is 10.3. The topological polar surface area (TPSA) is 12.0 Å². The fourth-order valence-corrected chi connectivity index (χ4v) is 3.59. The van der Waals surface area contributed by atoms with Crippen molar-refractivity contribution in [2.24, 2.45) is 0 Å². The maximum absolute atomic E-state index is 13.7. The van der Waals surface area contributed by atoms with E-state index in [2.05, 4.69) is 29.6 Å². The van der Waals surface area contributed by atoms with Crippen LogP contribution in [0, 0.1) is 12.7 Å². The molecule has 0 aromatic heterocycles. The van der Waals surface area contributed by atoms with Crippen molar-refractivity contribution in [2.45, 2.75) is 23.1 Å². The Bertz CT molecular complexity index is 679. The molecule has 0 saturated heterocycles. The second-order valence-corrected chi connectivity index (χ2v) is 6.23. The summed E-state index contributed by atoms with van der Waals surface area (Å²) in [5.41, 5.74) is 3.37. The lowest BCUT2D eigenvalue weighted by molar-refractivity contribution is 0.613. The van der Waals surface area contributed by atoms with Crippen LogP contribution in [0.2, 0.25) is 0 Å². The van der Waals surface area contributed by atoms with E-state index in [1.54, 1.807) is 17.8 Å². The van der Waals surface area contributed by atoms with Crippen molar-refractivity contribution < 1.29 is 4.39 Å². The summed E-state index contributed by atoms with van der Waals surface area (Å²) in [4.78, 5) is 2.18. The third-order valence-electron chi connectivity index (χ3n) is 3.73.